The first-order chi connectivity index (χ1) is 13.0. The van der Waals surface area contributed by atoms with Gasteiger partial charge in [-0.1, -0.05) is 29.3 Å². The van der Waals surface area contributed by atoms with Gasteiger partial charge in [-0.3, -0.25) is 14.7 Å². The van der Waals surface area contributed by atoms with Crippen LogP contribution in [-0.2, 0) is 22.5 Å². The molecule has 1 amide bonds. The van der Waals surface area contributed by atoms with Gasteiger partial charge in [-0.15, -0.1) is 0 Å². The Labute approximate surface area is 177 Å². The van der Waals surface area contributed by atoms with Crippen LogP contribution < -0.4 is 5.32 Å². The smallest absolute Gasteiger partial charge is 0.224 e. The minimum atomic E-state index is -0.0416. The average Bonchev–Trinajstić information content (AvgIpc) is 2.63. The first-order valence-electron chi connectivity index (χ1n) is 8.63. The Bertz CT molecular complexity index is 806. The van der Waals surface area contributed by atoms with Gasteiger partial charge in [0.05, 0.1) is 29.2 Å². The molecule has 0 spiro atoms. The van der Waals surface area contributed by atoms with Crippen molar-refractivity contribution in [2.45, 2.75) is 19.1 Å². The minimum absolute atomic E-state index is 0.0360. The van der Waals surface area contributed by atoms with E-state index in [9.17, 15) is 4.79 Å². The summed E-state index contributed by atoms with van der Waals surface area (Å²) in [6.45, 7) is 3.48. The number of halogens is 3. The molecule has 1 N–H and O–H groups in total. The second-order valence-corrected chi connectivity index (χ2v) is 8.20. The Morgan fingerprint density at radius 2 is 2.11 bits per heavy atom. The molecule has 1 unspecified atom stereocenters. The molecular formula is C19H20BrCl2N3O2. The van der Waals surface area contributed by atoms with E-state index in [0.717, 1.165) is 35.2 Å². The summed E-state index contributed by atoms with van der Waals surface area (Å²) in [4.78, 5) is 18.5. The van der Waals surface area contributed by atoms with Crippen molar-refractivity contribution in [3.8, 4) is 0 Å². The zero-order valence-electron chi connectivity index (χ0n) is 14.6. The zero-order valence-corrected chi connectivity index (χ0v) is 17.7. The summed E-state index contributed by atoms with van der Waals surface area (Å²) in [5, 5.41) is 4.07. The fourth-order valence-electron chi connectivity index (χ4n) is 2.97. The molecule has 144 valence electrons. The molecule has 1 fully saturated rings. The molecule has 3 rings (SSSR count). The first-order valence-corrected chi connectivity index (χ1v) is 10.2. The minimum Gasteiger partial charge on any atom is -0.374 e. The van der Waals surface area contributed by atoms with E-state index in [4.69, 9.17) is 27.9 Å². The van der Waals surface area contributed by atoms with Crippen LogP contribution in [0.15, 0.2) is 41.1 Å². The van der Waals surface area contributed by atoms with E-state index >= 15 is 0 Å². The van der Waals surface area contributed by atoms with Gasteiger partial charge in [0, 0.05) is 43.0 Å². The number of pyridine rings is 1. The summed E-state index contributed by atoms with van der Waals surface area (Å²) >= 11 is 15.4. The highest BCUT2D eigenvalue weighted by Crippen LogP contribution is 2.23. The molecule has 0 radical (unpaired) electrons. The number of carbonyl (C=O) groups excluding carboxylic acids is 1. The predicted octanol–water partition coefficient (Wildman–Crippen LogP) is 3.71. The quantitative estimate of drug-likeness (QED) is 0.696. The number of nitrogens with zero attached hydrogens (tertiary/aromatic N) is 2. The summed E-state index contributed by atoms with van der Waals surface area (Å²) in [6.07, 6.45) is 3.65. The van der Waals surface area contributed by atoms with E-state index < -0.39 is 0 Å². The van der Waals surface area contributed by atoms with Crippen molar-refractivity contribution in [1.29, 1.82) is 0 Å². The number of rotatable bonds is 6. The summed E-state index contributed by atoms with van der Waals surface area (Å²) in [5.41, 5.74) is 1.98. The van der Waals surface area contributed by atoms with Crippen molar-refractivity contribution >= 4 is 45.0 Å². The molecule has 1 aliphatic heterocycles. The van der Waals surface area contributed by atoms with E-state index in [1.165, 1.54) is 0 Å². The second kappa shape index (κ2) is 9.85. The molecule has 8 heteroatoms. The van der Waals surface area contributed by atoms with E-state index in [-0.39, 0.29) is 12.0 Å². The van der Waals surface area contributed by atoms with Crippen LogP contribution in [0.25, 0.3) is 0 Å². The maximum Gasteiger partial charge on any atom is 0.224 e. The standard InChI is InChI=1S/C19H20BrCl2N3O2/c20-15-5-14(8-23-9-15)7-19(26)24-10-16-12-25(3-4-27-16)11-13-1-2-17(21)18(22)6-13/h1-2,5-6,8-9,16H,3-4,7,10-12H2,(H,24,26). The normalized spacial score (nSPS) is 17.7. The van der Waals surface area contributed by atoms with Crippen LogP contribution in [0.2, 0.25) is 10.0 Å². The molecule has 27 heavy (non-hydrogen) atoms. The average molecular weight is 473 g/mol. The number of morpholine rings is 1. The molecule has 2 aromatic rings. The van der Waals surface area contributed by atoms with Gasteiger partial charge in [0.1, 0.15) is 0 Å². The maximum atomic E-state index is 12.2. The van der Waals surface area contributed by atoms with Crippen LogP contribution in [0.1, 0.15) is 11.1 Å². The van der Waals surface area contributed by atoms with Crippen molar-refractivity contribution < 1.29 is 9.53 Å². The number of benzene rings is 1. The third-order valence-electron chi connectivity index (χ3n) is 4.27. The topological polar surface area (TPSA) is 54.5 Å². The lowest BCUT2D eigenvalue weighted by Gasteiger charge is -2.33. The Morgan fingerprint density at radius 3 is 2.89 bits per heavy atom. The van der Waals surface area contributed by atoms with Crippen LogP contribution in [-0.4, -0.2) is 48.1 Å². The molecular weight excluding hydrogens is 453 g/mol. The Hall–Kier alpha value is -1.18. The van der Waals surface area contributed by atoms with Crippen LogP contribution in [0.5, 0.6) is 0 Å². The summed E-state index contributed by atoms with van der Waals surface area (Å²) in [6, 6.07) is 7.57. The number of aromatic nitrogens is 1. The Morgan fingerprint density at radius 1 is 1.26 bits per heavy atom. The third kappa shape index (κ3) is 6.43. The van der Waals surface area contributed by atoms with Gasteiger partial charge < -0.3 is 10.1 Å². The highest BCUT2D eigenvalue weighted by Gasteiger charge is 2.21. The molecule has 1 aromatic carbocycles. The SMILES string of the molecule is O=C(Cc1cncc(Br)c1)NCC1CN(Cc2ccc(Cl)c(Cl)c2)CCO1. The summed E-state index contributed by atoms with van der Waals surface area (Å²) < 4.78 is 6.65. The zero-order chi connectivity index (χ0) is 19.2. The van der Waals surface area contributed by atoms with Crippen molar-refractivity contribution in [2.24, 2.45) is 0 Å². The highest BCUT2D eigenvalue weighted by atomic mass is 79.9. The Balaban J connectivity index is 1.46. The fraction of sp³-hybridized carbons (Fsp3) is 0.368. The van der Waals surface area contributed by atoms with E-state index in [1.54, 1.807) is 12.4 Å². The maximum absolute atomic E-state index is 12.2. The molecule has 2 heterocycles. The highest BCUT2D eigenvalue weighted by molar-refractivity contribution is 9.10. The van der Waals surface area contributed by atoms with Crippen LogP contribution in [0, 0.1) is 0 Å². The monoisotopic (exact) mass is 471 g/mol. The molecule has 0 aliphatic carbocycles. The predicted molar refractivity (Wildman–Crippen MR) is 110 cm³/mol. The number of hydrogen-bond acceptors (Lipinski definition) is 4. The molecule has 1 saturated heterocycles. The van der Waals surface area contributed by atoms with Gasteiger partial charge >= 0.3 is 0 Å². The van der Waals surface area contributed by atoms with Gasteiger partial charge in [-0.25, -0.2) is 0 Å². The van der Waals surface area contributed by atoms with E-state index in [0.29, 0.717) is 29.6 Å². The lowest BCUT2D eigenvalue weighted by Crippen LogP contribution is -2.47. The lowest BCUT2D eigenvalue weighted by molar-refractivity contribution is -0.121. The summed E-state index contributed by atoms with van der Waals surface area (Å²) in [5.74, 6) is -0.0416. The van der Waals surface area contributed by atoms with Crippen molar-refractivity contribution in [1.82, 2.24) is 15.2 Å². The van der Waals surface area contributed by atoms with Gasteiger partial charge in [0.2, 0.25) is 5.91 Å². The van der Waals surface area contributed by atoms with Crippen LogP contribution in [0.3, 0.4) is 0 Å². The number of ether oxygens (including phenoxy) is 1. The molecule has 0 bridgehead atoms. The molecule has 5 nitrogen and oxygen atoms in total. The van der Waals surface area contributed by atoms with Crippen molar-refractivity contribution in [3.63, 3.8) is 0 Å². The van der Waals surface area contributed by atoms with Gasteiger partial charge in [0.15, 0.2) is 0 Å². The van der Waals surface area contributed by atoms with Crippen LogP contribution >= 0.6 is 39.1 Å². The molecule has 0 saturated carbocycles. The van der Waals surface area contributed by atoms with E-state index in [1.807, 2.05) is 24.3 Å². The van der Waals surface area contributed by atoms with Gasteiger partial charge in [-0.05, 0) is 45.3 Å². The van der Waals surface area contributed by atoms with Crippen molar-refractivity contribution in [3.05, 3.63) is 62.3 Å². The van der Waals surface area contributed by atoms with Gasteiger partial charge in [-0.2, -0.15) is 0 Å². The van der Waals surface area contributed by atoms with Crippen molar-refractivity contribution in [2.75, 3.05) is 26.2 Å². The van der Waals surface area contributed by atoms with Crippen LogP contribution in [0.4, 0.5) is 0 Å². The first kappa shape index (κ1) is 20.6. The number of amides is 1. The Kier molecular flexibility index (Phi) is 7.49. The summed E-state index contributed by atoms with van der Waals surface area (Å²) in [7, 11) is 0. The third-order valence-corrected chi connectivity index (χ3v) is 5.44. The lowest BCUT2D eigenvalue weighted by atomic mass is 10.1. The fourth-order valence-corrected chi connectivity index (χ4v) is 3.70. The molecule has 1 aliphatic rings. The molecule has 1 aromatic heterocycles. The molecule has 1 atom stereocenters. The number of carbonyl (C=O) groups is 1. The van der Waals surface area contributed by atoms with Gasteiger partial charge in [0.25, 0.3) is 0 Å². The number of hydrogen-bond donors (Lipinski definition) is 1. The van der Waals surface area contributed by atoms with E-state index in [2.05, 4.69) is 31.1 Å². The largest absolute Gasteiger partial charge is 0.374 e. The second-order valence-electron chi connectivity index (χ2n) is 6.47. The number of nitrogens with one attached hydrogen (secondary N) is 1.